The summed E-state index contributed by atoms with van der Waals surface area (Å²) in [4.78, 5) is 12.1. The molecule has 0 saturated carbocycles. The molecular formula is C19H14Cl2O6. The molecule has 2 aromatic carbocycles. The Bertz CT molecular complexity index is 925. The van der Waals surface area contributed by atoms with E-state index in [4.69, 9.17) is 46.9 Å². The Balaban J connectivity index is 1.43. The van der Waals surface area contributed by atoms with Crippen LogP contribution in [0.25, 0.3) is 6.08 Å². The first-order chi connectivity index (χ1) is 13.1. The van der Waals surface area contributed by atoms with E-state index in [1.54, 1.807) is 30.3 Å². The molecule has 2 aliphatic heterocycles. The Morgan fingerprint density at radius 1 is 1.07 bits per heavy atom. The van der Waals surface area contributed by atoms with E-state index >= 15 is 0 Å². The molecule has 0 N–H and O–H groups in total. The smallest absolute Gasteiger partial charge is 0.331 e. The Hall–Kier alpha value is -2.41. The van der Waals surface area contributed by atoms with E-state index in [1.165, 1.54) is 6.08 Å². The second-order valence-corrected chi connectivity index (χ2v) is 6.69. The van der Waals surface area contributed by atoms with E-state index in [0.717, 1.165) is 5.56 Å². The second-order valence-electron chi connectivity index (χ2n) is 5.84. The maximum Gasteiger partial charge on any atom is 0.331 e. The van der Waals surface area contributed by atoms with Crippen molar-refractivity contribution in [3.8, 4) is 17.2 Å². The maximum atomic E-state index is 12.1. The van der Waals surface area contributed by atoms with Crippen LogP contribution in [0.1, 0.15) is 16.7 Å². The number of halogens is 2. The molecule has 0 aromatic heterocycles. The lowest BCUT2D eigenvalue weighted by molar-refractivity contribution is -0.139. The van der Waals surface area contributed by atoms with Gasteiger partial charge in [0.2, 0.25) is 6.79 Å². The molecule has 0 aliphatic carbocycles. The van der Waals surface area contributed by atoms with Crippen molar-refractivity contribution in [2.45, 2.75) is 13.2 Å². The Morgan fingerprint density at radius 2 is 1.93 bits per heavy atom. The highest BCUT2D eigenvalue weighted by molar-refractivity contribution is 6.32. The van der Waals surface area contributed by atoms with Crippen molar-refractivity contribution >= 4 is 35.2 Å². The van der Waals surface area contributed by atoms with Crippen molar-refractivity contribution in [1.29, 1.82) is 0 Å². The van der Waals surface area contributed by atoms with Crippen molar-refractivity contribution < 1.29 is 28.5 Å². The highest BCUT2D eigenvalue weighted by Crippen LogP contribution is 2.40. The van der Waals surface area contributed by atoms with Crippen molar-refractivity contribution in [3.05, 3.63) is 57.1 Å². The molecule has 0 atom stereocenters. The summed E-state index contributed by atoms with van der Waals surface area (Å²) in [5.74, 6) is 1.18. The lowest BCUT2D eigenvalue weighted by atomic mass is 10.1. The van der Waals surface area contributed by atoms with Gasteiger partial charge in [0.15, 0.2) is 18.3 Å². The van der Waals surface area contributed by atoms with Gasteiger partial charge in [-0.3, -0.25) is 0 Å². The molecule has 140 valence electrons. The van der Waals surface area contributed by atoms with Crippen LogP contribution in [0.2, 0.25) is 10.0 Å². The standard InChI is InChI=1S/C19H14Cl2O6/c20-14-5-12-7-23-9-26-18(12)13(6-14)8-24-17(22)2-1-11-3-15(21)19-16(4-11)25-10-27-19/h1-6H,7-10H2/b2-1+. The Kier molecular flexibility index (Phi) is 5.11. The molecular weight excluding hydrogens is 395 g/mol. The summed E-state index contributed by atoms with van der Waals surface area (Å²) < 4.78 is 26.6. The number of hydrogen-bond acceptors (Lipinski definition) is 6. The number of esters is 1. The number of hydrogen-bond donors (Lipinski definition) is 0. The normalized spacial score (nSPS) is 14.7. The van der Waals surface area contributed by atoms with Crippen LogP contribution in [-0.4, -0.2) is 19.6 Å². The molecule has 0 radical (unpaired) electrons. The average molecular weight is 409 g/mol. The van der Waals surface area contributed by atoms with Crippen LogP contribution in [-0.2, 0) is 27.5 Å². The van der Waals surface area contributed by atoms with Gasteiger partial charge in [-0.15, -0.1) is 0 Å². The van der Waals surface area contributed by atoms with Crippen LogP contribution in [0, 0.1) is 0 Å². The van der Waals surface area contributed by atoms with Crippen molar-refractivity contribution in [3.63, 3.8) is 0 Å². The molecule has 8 heteroatoms. The van der Waals surface area contributed by atoms with Gasteiger partial charge in [0.25, 0.3) is 0 Å². The van der Waals surface area contributed by atoms with Crippen LogP contribution in [0.4, 0.5) is 0 Å². The average Bonchev–Trinajstić information content (AvgIpc) is 3.13. The minimum atomic E-state index is -0.510. The molecule has 0 unspecified atom stereocenters. The van der Waals surface area contributed by atoms with Crippen LogP contribution >= 0.6 is 23.2 Å². The van der Waals surface area contributed by atoms with E-state index in [9.17, 15) is 4.79 Å². The van der Waals surface area contributed by atoms with Crippen molar-refractivity contribution in [2.24, 2.45) is 0 Å². The summed E-state index contributed by atoms with van der Waals surface area (Å²) in [6.45, 7) is 0.720. The van der Waals surface area contributed by atoms with Gasteiger partial charge in [0.1, 0.15) is 12.4 Å². The summed E-state index contributed by atoms with van der Waals surface area (Å²) in [5, 5.41) is 0.947. The second kappa shape index (κ2) is 7.68. The van der Waals surface area contributed by atoms with Gasteiger partial charge in [0, 0.05) is 22.2 Å². The zero-order valence-corrected chi connectivity index (χ0v) is 15.5. The van der Waals surface area contributed by atoms with E-state index in [0.29, 0.717) is 45.0 Å². The van der Waals surface area contributed by atoms with E-state index in [2.05, 4.69) is 0 Å². The third kappa shape index (κ3) is 3.98. The van der Waals surface area contributed by atoms with Gasteiger partial charge < -0.3 is 23.7 Å². The molecule has 0 spiro atoms. The molecule has 2 aromatic rings. The first-order valence-electron chi connectivity index (χ1n) is 8.06. The maximum absolute atomic E-state index is 12.1. The molecule has 0 amide bonds. The van der Waals surface area contributed by atoms with Crippen LogP contribution in [0.5, 0.6) is 17.2 Å². The summed E-state index contributed by atoms with van der Waals surface area (Å²) >= 11 is 12.2. The fraction of sp³-hybridized carbons (Fsp3) is 0.211. The number of rotatable bonds is 4. The molecule has 0 fully saturated rings. The number of carbonyl (C=O) groups is 1. The highest BCUT2D eigenvalue weighted by atomic mass is 35.5. The summed E-state index contributed by atoms with van der Waals surface area (Å²) in [6, 6.07) is 6.89. The zero-order valence-electron chi connectivity index (χ0n) is 14.0. The van der Waals surface area contributed by atoms with Crippen LogP contribution < -0.4 is 14.2 Å². The molecule has 27 heavy (non-hydrogen) atoms. The molecule has 0 saturated heterocycles. The number of benzene rings is 2. The monoisotopic (exact) mass is 408 g/mol. The van der Waals surface area contributed by atoms with Gasteiger partial charge in [0.05, 0.1) is 11.6 Å². The third-order valence-electron chi connectivity index (χ3n) is 3.98. The van der Waals surface area contributed by atoms with E-state index in [1.807, 2.05) is 0 Å². The molecule has 4 rings (SSSR count). The molecule has 0 bridgehead atoms. The largest absolute Gasteiger partial charge is 0.467 e. The van der Waals surface area contributed by atoms with Crippen molar-refractivity contribution in [2.75, 3.05) is 13.6 Å². The quantitative estimate of drug-likeness (QED) is 0.553. The topological polar surface area (TPSA) is 63.2 Å². The Morgan fingerprint density at radius 3 is 2.81 bits per heavy atom. The molecule has 2 aliphatic rings. The first-order valence-corrected chi connectivity index (χ1v) is 8.81. The van der Waals surface area contributed by atoms with Gasteiger partial charge in [-0.05, 0) is 35.9 Å². The summed E-state index contributed by atoms with van der Waals surface area (Å²) in [5.41, 5.74) is 2.21. The van der Waals surface area contributed by atoms with Gasteiger partial charge in [-0.25, -0.2) is 4.79 Å². The van der Waals surface area contributed by atoms with E-state index in [-0.39, 0.29) is 20.2 Å². The predicted molar refractivity (Wildman–Crippen MR) is 98.1 cm³/mol. The predicted octanol–water partition coefficient (Wildman–Crippen LogP) is 4.35. The lowest BCUT2D eigenvalue weighted by Crippen LogP contribution is -2.14. The fourth-order valence-corrected chi connectivity index (χ4v) is 3.35. The fourth-order valence-electron chi connectivity index (χ4n) is 2.81. The third-order valence-corrected chi connectivity index (χ3v) is 4.48. The van der Waals surface area contributed by atoms with Gasteiger partial charge >= 0.3 is 5.97 Å². The zero-order chi connectivity index (χ0) is 18.8. The van der Waals surface area contributed by atoms with Gasteiger partial charge in [-0.1, -0.05) is 23.2 Å². The Labute approximate surface area is 165 Å². The lowest BCUT2D eigenvalue weighted by Gasteiger charge is -2.20. The summed E-state index contributed by atoms with van der Waals surface area (Å²) in [6.07, 6.45) is 2.91. The SMILES string of the molecule is O=C(/C=C/c1cc(Cl)c2c(c1)OCO2)OCc1cc(Cl)cc2c1OCOC2. The highest BCUT2D eigenvalue weighted by Gasteiger charge is 2.18. The first kappa shape index (κ1) is 18.0. The number of carbonyl (C=O) groups excluding carboxylic acids is 1. The minimum Gasteiger partial charge on any atom is -0.467 e. The minimum absolute atomic E-state index is 0.0357. The van der Waals surface area contributed by atoms with Crippen molar-refractivity contribution in [1.82, 2.24) is 0 Å². The number of ether oxygens (including phenoxy) is 5. The van der Waals surface area contributed by atoms with Crippen LogP contribution in [0.3, 0.4) is 0 Å². The molecule has 6 nitrogen and oxygen atoms in total. The van der Waals surface area contributed by atoms with Crippen LogP contribution in [0.15, 0.2) is 30.3 Å². The summed E-state index contributed by atoms with van der Waals surface area (Å²) in [7, 11) is 0. The molecule has 2 heterocycles. The van der Waals surface area contributed by atoms with Gasteiger partial charge in [-0.2, -0.15) is 0 Å². The number of fused-ring (bicyclic) bond motifs is 2. The van der Waals surface area contributed by atoms with E-state index < -0.39 is 5.97 Å².